The van der Waals surface area contributed by atoms with Gasteiger partial charge in [0, 0.05) is 6.42 Å². The molecule has 1 aromatic carbocycles. The Labute approximate surface area is 131 Å². The van der Waals surface area contributed by atoms with Crippen LogP contribution in [-0.4, -0.2) is 21.1 Å². The van der Waals surface area contributed by atoms with Crippen LogP contribution in [0, 0.1) is 0 Å². The van der Waals surface area contributed by atoms with Crippen molar-refractivity contribution in [3.63, 3.8) is 0 Å². The Kier molecular flexibility index (Phi) is 5.02. The van der Waals surface area contributed by atoms with E-state index in [4.69, 9.17) is 0 Å². The number of hydrogen-bond acceptors (Lipinski definition) is 3. The second-order valence-corrected chi connectivity index (χ2v) is 5.45. The number of aryl methyl sites for hydroxylation is 1. The lowest BCUT2D eigenvalue weighted by Gasteiger charge is -2.06. The molecule has 0 saturated carbocycles. The third-order valence-corrected chi connectivity index (χ3v) is 3.29. The molecule has 124 valence electrons. The fourth-order valence-electron chi connectivity index (χ4n) is 1.96. The zero-order valence-corrected chi connectivity index (χ0v) is 12.7. The Balaban J connectivity index is 1.86. The number of hydrogen-bond donors (Lipinski definition) is 2. The summed E-state index contributed by atoms with van der Waals surface area (Å²) in [6, 6.07) is 7.89. The minimum absolute atomic E-state index is 0.136. The van der Waals surface area contributed by atoms with E-state index >= 15 is 0 Å². The first kappa shape index (κ1) is 17.0. The van der Waals surface area contributed by atoms with E-state index in [1.165, 1.54) is 5.56 Å². The summed E-state index contributed by atoms with van der Waals surface area (Å²) in [5, 5.41) is 7.30. The van der Waals surface area contributed by atoms with Gasteiger partial charge in [-0.1, -0.05) is 38.1 Å². The third-order valence-electron chi connectivity index (χ3n) is 3.29. The lowest BCUT2D eigenvalue weighted by atomic mass is 10.0. The lowest BCUT2D eigenvalue weighted by Crippen LogP contribution is -2.14. The third kappa shape index (κ3) is 4.80. The van der Waals surface area contributed by atoms with Gasteiger partial charge in [0.2, 0.25) is 17.7 Å². The Morgan fingerprint density at radius 3 is 2.43 bits per heavy atom. The number of alkyl halides is 3. The number of halogens is 3. The second kappa shape index (κ2) is 6.80. The molecule has 5 nitrogen and oxygen atoms in total. The predicted molar refractivity (Wildman–Crippen MR) is 78.9 cm³/mol. The molecule has 0 aliphatic rings. The molecule has 23 heavy (non-hydrogen) atoms. The highest BCUT2D eigenvalue weighted by Gasteiger charge is 2.35. The van der Waals surface area contributed by atoms with Crippen LogP contribution >= 0.6 is 0 Å². The molecule has 0 atom stereocenters. The molecule has 0 fully saturated rings. The van der Waals surface area contributed by atoms with Gasteiger partial charge in [-0.15, -0.1) is 5.10 Å². The number of carbonyl (C=O) groups excluding carboxylic acids is 1. The molecular weight excluding hydrogens is 309 g/mol. The van der Waals surface area contributed by atoms with E-state index in [2.05, 4.69) is 29.2 Å². The van der Waals surface area contributed by atoms with Crippen LogP contribution in [0.4, 0.5) is 19.1 Å². The van der Waals surface area contributed by atoms with Crippen molar-refractivity contribution >= 4 is 11.9 Å². The summed E-state index contributed by atoms with van der Waals surface area (Å²) in [5.74, 6) is -1.62. The molecule has 0 bridgehead atoms. The zero-order chi connectivity index (χ0) is 17.0. The highest BCUT2D eigenvalue weighted by molar-refractivity contribution is 5.89. The monoisotopic (exact) mass is 326 g/mol. The van der Waals surface area contributed by atoms with Crippen molar-refractivity contribution in [2.45, 2.75) is 38.8 Å². The van der Waals surface area contributed by atoms with Crippen molar-refractivity contribution in [2.24, 2.45) is 0 Å². The number of benzene rings is 1. The number of nitrogens with one attached hydrogen (secondary N) is 2. The molecule has 0 aliphatic heterocycles. The summed E-state index contributed by atoms with van der Waals surface area (Å²) in [7, 11) is 0. The van der Waals surface area contributed by atoms with Gasteiger partial charge in [-0.2, -0.15) is 18.2 Å². The van der Waals surface area contributed by atoms with Gasteiger partial charge < -0.3 is 0 Å². The van der Waals surface area contributed by atoms with Crippen molar-refractivity contribution in [3.8, 4) is 0 Å². The van der Waals surface area contributed by atoms with Crippen LogP contribution in [0.1, 0.15) is 43.1 Å². The van der Waals surface area contributed by atoms with Gasteiger partial charge in [0.05, 0.1) is 0 Å². The Hall–Kier alpha value is -2.38. The number of anilines is 1. The number of H-pyrrole nitrogens is 1. The summed E-state index contributed by atoms with van der Waals surface area (Å²) in [5.41, 5.74) is 2.19. The highest BCUT2D eigenvalue weighted by atomic mass is 19.4. The molecule has 2 N–H and O–H groups in total. The number of nitrogens with zero attached hydrogens (tertiary/aromatic N) is 2. The van der Waals surface area contributed by atoms with E-state index in [0.717, 1.165) is 5.56 Å². The van der Waals surface area contributed by atoms with Gasteiger partial charge in [-0.3, -0.25) is 15.2 Å². The van der Waals surface area contributed by atoms with Crippen LogP contribution < -0.4 is 5.32 Å². The van der Waals surface area contributed by atoms with E-state index in [1.807, 2.05) is 24.3 Å². The van der Waals surface area contributed by atoms with Gasteiger partial charge in [-0.25, -0.2) is 0 Å². The Bertz CT molecular complexity index is 662. The average molecular weight is 326 g/mol. The first-order chi connectivity index (χ1) is 10.8. The number of carbonyl (C=O) groups is 1. The summed E-state index contributed by atoms with van der Waals surface area (Å²) in [6.45, 7) is 4.18. The van der Waals surface area contributed by atoms with Crippen LogP contribution in [0.2, 0.25) is 0 Å². The van der Waals surface area contributed by atoms with Crippen molar-refractivity contribution in [1.29, 1.82) is 0 Å². The fraction of sp³-hybridized carbons (Fsp3) is 0.400. The maximum Gasteiger partial charge on any atom is 0.451 e. The summed E-state index contributed by atoms with van der Waals surface area (Å²) >= 11 is 0. The summed E-state index contributed by atoms with van der Waals surface area (Å²) in [4.78, 5) is 14.9. The standard InChI is InChI=1S/C15H17F3N4O/c1-9(2)11-6-3-10(4-7-11)5-8-12(23)19-14-20-13(21-22-14)15(16,17)18/h3-4,6-7,9H,5,8H2,1-2H3,(H2,19,20,21,22,23). The first-order valence-corrected chi connectivity index (χ1v) is 7.14. The van der Waals surface area contributed by atoms with Gasteiger partial charge in [-0.05, 0) is 23.5 Å². The van der Waals surface area contributed by atoms with Crippen LogP contribution in [0.3, 0.4) is 0 Å². The largest absolute Gasteiger partial charge is 0.451 e. The molecule has 1 heterocycles. The lowest BCUT2D eigenvalue weighted by molar-refractivity contribution is -0.144. The van der Waals surface area contributed by atoms with Crippen molar-refractivity contribution in [2.75, 3.05) is 5.32 Å². The summed E-state index contributed by atoms with van der Waals surface area (Å²) < 4.78 is 37.1. The van der Waals surface area contributed by atoms with Gasteiger partial charge in [0.25, 0.3) is 0 Å². The molecule has 0 aliphatic carbocycles. The minimum atomic E-state index is -4.62. The van der Waals surface area contributed by atoms with Crippen LogP contribution in [0.5, 0.6) is 0 Å². The van der Waals surface area contributed by atoms with E-state index in [-0.39, 0.29) is 12.4 Å². The molecule has 1 aromatic heterocycles. The SMILES string of the molecule is CC(C)c1ccc(CCC(=O)Nc2n[nH]c(C(F)(F)F)n2)cc1. The molecule has 0 saturated heterocycles. The van der Waals surface area contributed by atoms with Crippen LogP contribution in [0.25, 0.3) is 0 Å². The quantitative estimate of drug-likeness (QED) is 0.883. The maximum atomic E-state index is 12.4. The molecule has 2 rings (SSSR count). The topological polar surface area (TPSA) is 70.7 Å². The molecule has 2 aromatic rings. The van der Waals surface area contributed by atoms with E-state index in [0.29, 0.717) is 12.3 Å². The number of aromatic nitrogens is 3. The zero-order valence-electron chi connectivity index (χ0n) is 12.7. The van der Waals surface area contributed by atoms with Crippen molar-refractivity contribution < 1.29 is 18.0 Å². The number of rotatable bonds is 5. The molecular formula is C15H17F3N4O. The normalized spacial score (nSPS) is 11.7. The Morgan fingerprint density at radius 1 is 1.26 bits per heavy atom. The molecule has 0 radical (unpaired) electrons. The summed E-state index contributed by atoms with van der Waals surface area (Å²) in [6.07, 6.45) is -3.99. The van der Waals surface area contributed by atoms with E-state index in [1.54, 1.807) is 5.10 Å². The second-order valence-electron chi connectivity index (χ2n) is 5.45. The average Bonchev–Trinajstić information content (AvgIpc) is 2.94. The van der Waals surface area contributed by atoms with Gasteiger partial charge in [0.15, 0.2) is 0 Å². The predicted octanol–water partition coefficient (Wildman–Crippen LogP) is 3.52. The van der Waals surface area contributed by atoms with Crippen molar-refractivity contribution in [3.05, 3.63) is 41.2 Å². The fourth-order valence-corrected chi connectivity index (χ4v) is 1.96. The smallest absolute Gasteiger partial charge is 0.293 e. The van der Waals surface area contributed by atoms with Gasteiger partial charge >= 0.3 is 6.18 Å². The van der Waals surface area contributed by atoms with E-state index < -0.39 is 17.9 Å². The molecule has 1 amide bonds. The minimum Gasteiger partial charge on any atom is -0.293 e. The van der Waals surface area contributed by atoms with E-state index in [9.17, 15) is 18.0 Å². The highest BCUT2D eigenvalue weighted by Crippen LogP contribution is 2.26. The van der Waals surface area contributed by atoms with Gasteiger partial charge in [0.1, 0.15) is 0 Å². The van der Waals surface area contributed by atoms with Crippen LogP contribution in [-0.2, 0) is 17.4 Å². The maximum absolute atomic E-state index is 12.4. The van der Waals surface area contributed by atoms with Crippen molar-refractivity contribution in [1.82, 2.24) is 15.2 Å². The molecule has 8 heteroatoms. The first-order valence-electron chi connectivity index (χ1n) is 7.14. The molecule has 0 spiro atoms. The number of amides is 1. The number of aromatic amines is 1. The Morgan fingerprint density at radius 2 is 1.91 bits per heavy atom. The van der Waals surface area contributed by atoms with Crippen LogP contribution in [0.15, 0.2) is 24.3 Å². The molecule has 0 unspecified atom stereocenters.